The van der Waals surface area contributed by atoms with E-state index in [0.29, 0.717) is 24.0 Å². The molecule has 0 radical (unpaired) electrons. The topological polar surface area (TPSA) is 88.3 Å². The van der Waals surface area contributed by atoms with Crippen molar-refractivity contribution in [1.82, 2.24) is 15.1 Å². The van der Waals surface area contributed by atoms with Gasteiger partial charge in [-0.25, -0.2) is 0 Å². The first-order chi connectivity index (χ1) is 12.7. The van der Waals surface area contributed by atoms with Crippen molar-refractivity contribution >= 4 is 28.3 Å². The van der Waals surface area contributed by atoms with Gasteiger partial charge in [0.1, 0.15) is 11.0 Å². The highest BCUT2D eigenvalue weighted by atomic mass is 32.1. The molecule has 1 aliphatic heterocycles. The smallest absolute Gasteiger partial charge is 0.290 e. The molecule has 138 valence electrons. The van der Waals surface area contributed by atoms with Gasteiger partial charge in [0.05, 0.1) is 6.26 Å². The minimum absolute atomic E-state index is 0.200. The molecule has 1 saturated carbocycles. The van der Waals surface area contributed by atoms with Gasteiger partial charge in [-0.05, 0) is 37.8 Å². The van der Waals surface area contributed by atoms with Gasteiger partial charge in [-0.2, -0.15) is 0 Å². The largest absolute Gasteiger partial charge is 0.459 e. The SMILES string of the molecule is O=C(Nc1nnc(C2CCCCC2)s1)[C@H]1CCCN1C(=O)c1ccco1. The third-order valence-electron chi connectivity index (χ3n) is 5.17. The number of hydrogen-bond acceptors (Lipinski definition) is 6. The molecule has 0 unspecified atom stereocenters. The van der Waals surface area contributed by atoms with Crippen LogP contribution in [-0.2, 0) is 4.79 Å². The van der Waals surface area contributed by atoms with Crippen LogP contribution in [0.3, 0.4) is 0 Å². The Morgan fingerprint density at radius 3 is 2.77 bits per heavy atom. The number of hydrogen-bond donors (Lipinski definition) is 1. The van der Waals surface area contributed by atoms with Crippen LogP contribution in [-0.4, -0.2) is 39.5 Å². The molecule has 0 bridgehead atoms. The first-order valence-electron chi connectivity index (χ1n) is 9.21. The first kappa shape index (κ1) is 17.2. The molecule has 3 heterocycles. The van der Waals surface area contributed by atoms with Crippen molar-refractivity contribution < 1.29 is 14.0 Å². The molecule has 2 amide bonds. The Morgan fingerprint density at radius 2 is 2.00 bits per heavy atom. The van der Waals surface area contributed by atoms with Crippen LogP contribution in [0.25, 0.3) is 0 Å². The second kappa shape index (κ2) is 7.57. The van der Waals surface area contributed by atoms with Crippen molar-refractivity contribution in [1.29, 1.82) is 0 Å². The van der Waals surface area contributed by atoms with Crippen LogP contribution in [0.5, 0.6) is 0 Å². The van der Waals surface area contributed by atoms with Gasteiger partial charge in [-0.15, -0.1) is 10.2 Å². The van der Waals surface area contributed by atoms with Crippen LogP contribution in [0.15, 0.2) is 22.8 Å². The average molecular weight is 374 g/mol. The normalized spacial score (nSPS) is 21.1. The molecule has 0 spiro atoms. The lowest BCUT2D eigenvalue weighted by atomic mass is 9.90. The first-order valence-corrected chi connectivity index (χ1v) is 10.0. The number of likely N-dealkylation sites (tertiary alicyclic amines) is 1. The van der Waals surface area contributed by atoms with E-state index in [0.717, 1.165) is 24.3 Å². The van der Waals surface area contributed by atoms with E-state index >= 15 is 0 Å². The zero-order valence-corrected chi connectivity index (χ0v) is 15.3. The zero-order valence-electron chi connectivity index (χ0n) is 14.5. The van der Waals surface area contributed by atoms with Crippen molar-refractivity contribution in [3.63, 3.8) is 0 Å². The van der Waals surface area contributed by atoms with E-state index in [-0.39, 0.29) is 17.6 Å². The number of carbonyl (C=O) groups excluding carboxylic acids is 2. The van der Waals surface area contributed by atoms with E-state index in [4.69, 9.17) is 4.42 Å². The molecule has 1 aliphatic carbocycles. The van der Waals surface area contributed by atoms with Crippen molar-refractivity contribution in [3.05, 3.63) is 29.2 Å². The number of amides is 2. The molecule has 1 atom stereocenters. The van der Waals surface area contributed by atoms with Crippen LogP contribution in [0.4, 0.5) is 5.13 Å². The van der Waals surface area contributed by atoms with Crippen molar-refractivity contribution in [2.75, 3.05) is 11.9 Å². The van der Waals surface area contributed by atoms with Gasteiger partial charge in [0, 0.05) is 12.5 Å². The molecule has 2 aromatic rings. The van der Waals surface area contributed by atoms with Gasteiger partial charge in [0.2, 0.25) is 11.0 Å². The minimum Gasteiger partial charge on any atom is -0.459 e. The van der Waals surface area contributed by atoms with Crippen LogP contribution >= 0.6 is 11.3 Å². The molecule has 1 saturated heterocycles. The van der Waals surface area contributed by atoms with Crippen molar-refractivity contribution in [2.24, 2.45) is 0 Å². The molecule has 1 N–H and O–H groups in total. The Balaban J connectivity index is 1.41. The molecule has 7 nitrogen and oxygen atoms in total. The van der Waals surface area contributed by atoms with Crippen molar-refractivity contribution in [3.8, 4) is 0 Å². The fraction of sp³-hybridized carbons (Fsp3) is 0.556. The standard InChI is InChI=1S/C18H22N4O3S/c23-15(13-8-4-10-22(13)17(24)14-9-5-11-25-14)19-18-21-20-16(26-18)12-6-2-1-3-7-12/h5,9,11-13H,1-4,6-8,10H2,(H,19,21,23)/t13-/m1/s1. The Bertz CT molecular complexity index is 767. The zero-order chi connectivity index (χ0) is 17.9. The van der Waals surface area contributed by atoms with Crippen LogP contribution in [0, 0.1) is 0 Å². The van der Waals surface area contributed by atoms with Crippen molar-refractivity contribution in [2.45, 2.75) is 56.9 Å². The summed E-state index contributed by atoms with van der Waals surface area (Å²) in [6.45, 7) is 0.557. The molecule has 8 heteroatoms. The monoisotopic (exact) mass is 374 g/mol. The predicted octanol–water partition coefficient (Wildman–Crippen LogP) is 3.42. The molecule has 2 aromatic heterocycles. The third-order valence-corrected chi connectivity index (χ3v) is 6.17. The van der Waals surface area contributed by atoms with Gasteiger partial charge in [0.15, 0.2) is 5.76 Å². The van der Waals surface area contributed by atoms with Crippen LogP contribution < -0.4 is 5.32 Å². The quantitative estimate of drug-likeness (QED) is 0.886. The van der Waals surface area contributed by atoms with E-state index in [1.54, 1.807) is 17.0 Å². The second-order valence-electron chi connectivity index (χ2n) is 6.90. The lowest BCUT2D eigenvalue weighted by Crippen LogP contribution is -2.43. The van der Waals surface area contributed by atoms with E-state index < -0.39 is 6.04 Å². The number of rotatable bonds is 4. The Morgan fingerprint density at radius 1 is 1.15 bits per heavy atom. The number of aromatic nitrogens is 2. The lowest BCUT2D eigenvalue weighted by Gasteiger charge is -2.22. The van der Waals surface area contributed by atoms with Gasteiger partial charge >= 0.3 is 0 Å². The Hall–Kier alpha value is -2.22. The molecule has 2 aliphatic rings. The fourth-order valence-corrected chi connectivity index (χ4v) is 4.73. The number of nitrogens with zero attached hydrogens (tertiary/aromatic N) is 3. The summed E-state index contributed by atoms with van der Waals surface area (Å²) in [5, 5.41) is 12.8. The molecular weight excluding hydrogens is 352 g/mol. The summed E-state index contributed by atoms with van der Waals surface area (Å²) in [6, 6.07) is 2.80. The van der Waals surface area contributed by atoms with E-state index in [2.05, 4.69) is 15.5 Å². The maximum atomic E-state index is 12.7. The minimum atomic E-state index is -0.491. The van der Waals surface area contributed by atoms with Gasteiger partial charge in [-0.1, -0.05) is 30.6 Å². The second-order valence-corrected chi connectivity index (χ2v) is 7.91. The van der Waals surface area contributed by atoms with Gasteiger partial charge in [0.25, 0.3) is 5.91 Å². The van der Waals surface area contributed by atoms with E-state index in [9.17, 15) is 9.59 Å². The van der Waals surface area contributed by atoms with E-state index in [1.165, 1.54) is 36.9 Å². The molecule has 2 fully saturated rings. The number of nitrogens with one attached hydrogen (secondary N) is 1. The van der Waals surface area contributed by atoms with E-state index in [1.807, 2.05) is 0 Å². The summed E-state index contributed by atoms with van der Waals surface area (Å²) < 4.78 is 5.18. The highest BCUT2D eigenvalue weighted by Crippen LogP contribution is 2.35. The summed E-state index contributed by atoms with van der Waals surface area (Å²) in [5.41, 5.74) is 0. The predicted molar refractivity (Wildman–Crippen MR) is 97.1 cm³/mol. The number of anilines is 1. The summed E-state index contributed by atoms with van der Waals surface area (Å²) in [6.07, 6.45) is 8.97. The summed E-state index contributed by atoms with van der Waals surface area (Å²) >= 11 is 1.46. The van der Waals surface area contributed by atoms with Crippen LogP contribution in [0.1, 0.15) is 66.4 Å². The molecule has 4 rings (SSSR count). The van der Waals surface area contributed by atoms with Gasteiger partial charge in [-0.3, -0.25) is 14.9 Å². The molecule has 26 heavy (non-hydrogen) atoms. The highest BCUT2D eigenvalue weighted by molar-refractivity contribution is 7.15. The highest BCUT2D eigenvalue weighted by Gasteiger charge is 2.36. The Kier molecular flexibility index (Phi) is 5.01. The maximum Gasteiger partial charge on any atom is 0.290 e. The summed E-state index contributed by atoms with van der Waals surface area (Å²) in [4.78, 5) is 26.8. The van der Waals surface area contributed by atoms with Gasteiger partial charge < -0.3 is 9.32 Å². The maximum absolute atomic E-state index is 12.7. The molecule has 0 aromatic carbocycles. The third kappa shape index (κ3) is 3.51. The number of furan rings is 1. The Labute approximate surface area is 155 Å². The number of carbonyl (C=O) groups is 2. The summed E-state index contributed by atoms with van der Waals surface area (Å²) in [7, 11) is 0. The summed E-state index contributed by atoms with van der Waals surface area (Å²) in [5.74, 6) is 0.289. The fourth-order valence-electron chi connectivity index (χ4n) is 3.81. The average Bonchev–Trinajstić information content (AvgIpc) is 3.42. The lowest BCUT2D eigenvalue weighted by molar-refractivity contribution is -0.119. The van der Waals surface area contributed by atoms with Crippen LogP contribution in [0.2, 0.25) is 0 Å². The molecular formula is C18H22N4O3S.